The molecular weight excluding hydrogens is 408 g/mol. The summed E-state index contributed by atoms with van der Waals surface area (Å²) in [5, 5.41) is 3.00. The topological polar surface area (TPSA) is 77.1 Å². The molecule has 30 heavy (non-hydrogen) atoms. The number of hydrogen-bond donors (Lipinski definition) is 1. The standard InChI is InChI=1S/C22H23ClN2O5/c23-13-20(26)25(17-6-7-18-19(12-17)30-15-29-18)22(8-10-28-11-9-22)21(27)24-14-16-4-2-1-3-5-16/h1-7,12H,8-11,13-15H2,(H,24,27). The Morgan fingerprint density at radius 1 is 1.03 bits per heavy atom. The van der Waals surface area contributed by atoms with Crippen LogP contribution in [0, 0.1) is 0 Å². The Hall–Kier alpha value is -2.77. The number of carbonyl (C=O) groups is 2. The minimum atomic E-state index is -1.10. The third-order valence-electron chi connectivity index (χ3n) is 5.44. The molecule has 2 aliphatic rings. The number of halogens is 1. The Balaban J connectivity index is 1.68. The number of ether oxygens (including phenoxy) is 3. The van der Waals surface area contributed by atoms with E-state index < -0.39 is 5.54 Å². The average molecular weight is 431 g/mol. The molecule has 4 rings (SSSR count). The van der Waals surface area contributed by atoms with Crippen molar-refractivity contribution in [2.24, 2.45) is 0 Å². The molecule has 2 amide bonds. The predicted molar refractivity (Wildman–Crippen MR) is 112 cm³/mol. The van der Waals surface area contributed by atoms with Crippen LogP contribution < -0.4 is 19.7 Å². The molecule has 0 aliphatic carbocycles. The summed E-state index contributed by atoms with van der Waals surface area (Å²) in [6, 6.07) is 14.8. The van der Waals surface area contributed by atoms with E-state index in [1.807, 2.05) is 30.3 Å². The van der Waals surface area contributed by atoms with Gasteiger partial charge in [-0.1, -0.05) is 30.3 Å². The summed E-state index contributed by atoms with van der Waals surface area (Å²) >= 11 is 5.96. The number of carbonyl (C=O) groups excluding carboxylic acids is 2. The minimum absolute atomic E-state index is 0.124. The summed E-state index contributed by atoms with van der Waals surface area (Å²) in [5.41, 5.74) is 0.417. The number of hydrogen-bond acceptors (Lipinski definition) is 5. The van der Waals surface area contributed by atoms with Crippen LogP contribution in [0.15, 0.2) is 48.5 Å². The van der Waals surface area contributed by atoms with E-state index in [4.69, 9.17) is 25.8 Å². The van der Waals surface area contributed by atoms with Crippen LogP contribution in [-0.4, -0.2) is 43.2 Å². The van der Waals surface area contributed by atoms with Gasteiger partial charge in [-0.3, -0.25) is 14.5 Å². The van der Waals surface area contributed by atoms with Gasteiger partial charge in [0.25, 0.3) is 0 Å². The van der Waals surface area contributed by atoms with Gasteiger partial charge in [0.2, 0.25) is 18.6 Å². The first-order valence-electron chi connectivity index (χ1n) is 9.83. The Kier molecular flexibility index (Phi) is 6.11. The molecule has 158 valence electrons. The fraction of sp³-hybridized carbons (Fsp3) is 0.364. The van der Waals surface area contributed by atoms with E-state index >= 15 is 0 Å². The van der Waals surface area contributed by atoms with Gasteiger partial charge in [-0.15, -0.1) is 11.6 Å². The van der Waals surface area contributed by atoms with Gasteiger partial charge < -0.3 is 19.5 Å². The van der Waals surface area contributed by atoms with Gasteiger partial charge in [0.05, 0.1) is 0 Å². The van der Waals surface area contributed by atoms with Crippen molar-refractivity contribution in [3.05, 3.63) is 54.1 Å². The Morgan fingerprint density at radius 3 is 2.50 bits per heavy atom. The van der Waals surface area contributed by atoms with E-state index in [9.17, 15) is 9.59 Å². The molecule has 8 heteroatoms. The number of nitrogens with one attached hydrogen (secondary N) is 1. The third-order valence-corrected chi connectivity index (χ3v) is 5.67. The third kappa shape index (κ3) is 3.95. The SMILES string of the molecule is O=C(CCl)N(c1ccc2c(c1)OCO2)C1(C(=O)NCc2ccccc2)CCOCC1. The zero-order valence-electron chi connectivity index (χ0n) is 16.4. The van der Waals surface area contributed by atoms with E-state index in [1.54, 1.807) is 18.2 Å². The first-order valence-corrected chi connectivity index (χ1v) is 10.4. The van der Waals surface area contributed by atoms with E-state index in [1.165, 1.54) is 4.90 Å². The largest absolute Gasteiger partial charge is 0.454 e. The lowest BCUT2D eigenvalue weighted by molar-refractivity contribution is -0.133. The van der Waals surface area contributed by atoms with Gasteiger partial charge in [-0.2, -0.15) is 0 Å². The number of fused-ring (bicyclic) bond motifs is 1. The van der Waals surface area contributed by atoms with Crippen molar-refractivity contribution in [2.75, 3.05) is 30.8 Å². The monoisotopic (exact) mass is 430 g/mol. The first-order chi connectivity index (χ1) is 14.6. The number of amides is 2. The van der Waals surface area contributed by atoms with E-state index in [0.717, 1.165) is 5.56 Å². The summed E-state index contributed by atoms with van der Waals surface area (Å²) in [4.78, 5) is 28.0. The van der Waals surface area contributed by atoms with Gasteiger partial charge >= 0.3 is 0 Å². The van der Waals surface area contributed by atoms with Crippen molar-refractivity contribution >= 4 is 29.1 Å². The first kappa shape index (κ1) is 20.5. The summed E-state index contributed by atoms with van der Waals surface area (Å²) < 4.78 is 16.4. The fourth-order valence-corrected chi connectivity index (χ4v) is 4.04. The van der Waals surface area contributed by atoms with Crippen molar-refractivity contribution in [1.82, 2.24) is 5.32 Å². The number of rotatable bonds is 6. The van der Waals surface area contributed by atoms with Crippen molar-refractivity contribution in [1.29, 1.82) is 0 Å². The summed E-state index contributed by atoms with van der Waals surface area (Å²) in [6.07, 6.45) is 0.732. The molecule has 2 aliphatic heterocycles. The van der Waals surface area contributed by atoms with Crippen LogP contribution in [0.1, 0.15) is 18.4 Å². The van der Waals surface area contributed by atoms with Crippen molar-refractivity contribution in [3.8, 4) is 11.5 Å². The van der Waals surface area contributed by atoms with Gasteiger partial charge in [-0.05, 0) is 17.7 Å². The molecule has 0 radical (unpaired) electrons. The maximum absolute atomic E-state index is 13.5. The Labute approximate surface area is 179 Å². The van der Waals surface area contributed by atoms with Crippen LogP contribution in [0.25, 0.3) is 0 Å². The smallest absolute Gasteiger partial charge is 0.246 e. The molecule has 7 nitrogen and oxygen atoms in total. The molecule has 2 heterocycles. The molecular formula is C22H23ClN2O5. The predicted octanol–water partition coefficient (Wildman–Crippen LogP) is 2.85. The van der Waals surface area contributed by atoms with Crippen LogP contribution in [0.3, 0.4) is 0 Å². The molecule has 0 aromatic heterocycles. The average Bonchev–Trinajstić information content (AvgIpc) is 3.27. The molecule has 0 atom stereocenters. The molecule has 1 fully saturated rings. The number of anilines is 1. The van der Waals surface area contributed by atoms with Crippen LogP contribution in [0.4, 0.5) is 5.69 Å². The van der Waals surface area contributed by atoms with Crippen molar-refractivity contribution in [2.45, 2.75) is 24.9 Å². The van der Waals surface area contributed by atoms with Crippen LogP contribution in [-0.2, 0) is 20.9 Å². The highest BCUT2D eigenvalue weighted by molar-refractivity contribution is 6.30. The maximum Gasteiger partial charge on any atom is 0.246 e. The summed E-state index contributed by atoms with van der Waals surface area (Å²) in [7, 11) is 0. The quantitative estimate of drug-likeness (QED) is 0.713. The fourth-order valence-electron chi connectivity index (χ4n) is 3.92. The Bertz CT molecular complexity index is 915. The number of benzene rings is 2. The van der Waals surface area contributed by atoms with E-state index in [-0.39, 0.29) is 24.5 Å². The lowest BCUT2D eigenvalue weighted by Crippen LogP contribution is -2.63. The highest BCUT2D eigenvalue weighted by Crippen LogP contribution is 2.40. The number of alkyl halides is 1. The van der Waals surface area contributed by atoms with Gasteiger partial charge in [-0.25, -0.2) is 0 Å². The van der Waals surface area contributed by atoms with Crippen molar-refractivity contribution in [3.63, 3.8) is 0 Å². The van der Waals surface area contributed by atoms with Gasteiger partial charge in [0.1, 0.15) is 11.4 Å². The summed E-state index contributed by atoms with van der Waals surface area (Å²) in [6.45, 7) is 1.23. The normalized spacial score (nSPS) is 16.7. The van der Waals surface area contributed by atoms with E-state index in [0.29, 0.717) is 49.8 Å². The lowest BCUT2D eigenvalue weighted by atomic mass is 9.85. The zero-order valence-corrected chi connectivity index (χ0v) is 17.2. The van der Waals surface area contributed by atoms with Gasteiger partial charge in [0, 0.05) is 44.4 Å². The minimum Gasteiger partial charge on any atom is -0.454 e. The second-order valence-corrected chi connectivity index (χ2v) is 7.48. The Morgan fingerprint density at radius 2 is 1.77 bits per heavy atom. The van der Waals surface area contributed by atoms with Crippen LogP contribution in [0.2, 0.25) is 0 Å². The van der Waals surface area contributed by atoms with Crippen LogP contribution in [0.5, 0.6) is 11.5 Å². The zero-order chi connectivity index (χ0) is 21.0. The maximum atomic E-state index is 13.5. The molecule has 2 aromatic carbocycles. The second kappa shape index (κ2) is 8.93. The highest BCUT2D eigenvalue weighted by Gasteiger charge is 2.48. The molecule has 2 aromatic rings. The number of nitrogens with zero attached hydrogens (tertiary/aromatic N) is 1. The molecule has 0 unspecified atom stereocenters. The highest BCUT2D eigenvalue weighted by atomic mass is 35.5. The molecule has 0 bridgehead atoms. The van der Waals surface area contributed by atoms with Crippen molar-refractivity contribution < 1.29 is 23.8 Å². The molecule has 0 spiro atoms. The summed E-state index contributed by atoms with van der Waals surface area (Å²) in [5.74, 6) is 0.305. The van der Waals surface area contributed by atoms with Crippen LogP contribution >= 0.6 is 11.6 Å². The molecule has 1 N–H and O–H groups in total. The second-order valence-electron chi connectivity index (χ2n) is 7.21. The van der Waals surface area contributed by atoms with Gasteiger partial charge in [0.15, 0.2) is 11.5 Å². The van der Waals surface area contributed by atoms with E-state index in [2.05, 4.69) is 5.32 Å². The molecule has 1 saturated heterocycles. The lowest BCUT2D eigenvalue weighted by Gasteiger charge is -2.44. The molecule has 0 saturated carbocycles.